The minimum absolute atomic E-state index is 0.0483. The fourth-order valence-electron chi connectivity index (χ4n) is 2.59. The topological polar surface area (TPSA) is 49.4 Å². The molecule has 1 saturated heterocycles. The van der Waals surface area contributed by atoms with Crippen LogP contribution in [0.15, 0.2) is 24.3 Å². The van der Waals surface area contributed by atoms with Crippen LogP contribution in [0.4, 0.5) is 0 Å². The maximum Gasteiger partial charge on any atom is 0.245 e. The van der Waals surface area contributed by atoms with Gasteiger partial charge < -0.3 is 10.2 Å². The summed E-state index contributed by atoms with van der Waals surface area (Å²) in [7, 11) is 0. The second-order valence-corrected chi connectivity index (χ2v) is 5.35. The maximum absolute atomic E-state index is 12.3. The Kier molecular flexibility index (Phi) is 4.77. The van der Waals surface area contributed by atoms with Crippen LogP contribution < -0.4 is 5.32 Å². The number of carbonyl (C=O) groups excluding carboxylic acids is 2. The summed E-state index contributed by atoms with van der Waals surface area (Å²) in [6.45, 7) is 4.88. The number of aryl methyl sites for hydroxylation is 1. The highest BCUT2D eigenvalue weighted by Crippen LogP contribution is 2.12. The van der Waals surface area contributed by atoms with Gasteiger partial charge >= 0.3 is 0 Å². The molecule has 1 aliphatic rings. The molecule has 0 radical (unpaired) electrons. The number of nitrogens with zero attached hydrogens (tertiary/aromatic N) is 1. The van der Waals surface area contributed by atoms with E-state index in [0.29, 0.717) is 13.0 Å². The van der Waals surface area contributed by atoms with Crippen LogP contribution in [0.2, 0.25) is 0 Å². The lowest BCUT2D eigenvalue weighted by Gasteiger charge is -2.32. The number of benzene rings is 1. The monoisotopic (exact) mass is 274 g/mol. The van der Waals surface area contributed by atoms with E-state index in [9.17, 15) is 9.59 Å². The van der Waals surface area contributed by atoms with Crippen molar-refractivity contribution >= 4 is 11.8 Å². The first-order chi connectivity index (χ1) is 9.61. The van der Waals surface area contributed by atoms with Gasteiger partial charge in [-0.3, -0.25) is 9.59 Å². The molecule has 4 heteroatoms. The van der Waals surface area contributed by atoms with Gasteiger partial charge in [-0.2, -0.15) is 0 Å². The zero-order valence-corrected chi connectivity index (χ0v) is 12.2. The molecule has 0 aromatic heterocycles. The first-order valence-electron chi connectivity index (χ1n) is 7.24. The zero-order chi connectivity index (χ0) is 14.5. The summed E-state index contributed by atoms with van der Waals surface area (Å²) in [6.07, 6.45) is 2.40. The predicted molar refractivity (Wildman–Crippen MR) is 78.3 cm³/mol. The highest BCUT2D eigenvalue weighted by molar-refractivity contribution is 5.94. The van der Waals surface area contributed by atoms with Crippen molar-refractivity contribution in [2.75, 3.05) is 13.1 Å². The van der Waals surface area contributed by atoms with Gasteiger partial charge in [0.25, 0.3) is 0 Å². The first kappa shape index (κ1) is 14.6. The molecule has 1 unspecified atom stereocenters. The summed E-state index contributed by atoms with van der Waals surface area (Å²) in [5.41, 5.74) is 2.46. The summed E-state index contributed by atoms with van der Waals surface area (Å²) in [6, 6.07) is 7.83. The molecule has 1 N–H and O–H groups in total. The van der Waals surface area contributed by atoms with E-state index in [-0.39, 0.29) is 24.4 Å². The van der Waals surface area contributed by atoms with Gasteiger partial charge in [0, 0.05) is 6.54 Å². The van der Waals surface area contributed by atoms with Crippen LogP contribution in [0, 0.1) is 6.92 Å². The van der Waals surface area contributed by atoms with Crippen molar-refractivity contribution in [3.8, 4) is 0 Å². The quantitative estimate of drug-likeness (QED) is 0.888. The fraction of sp³-hybridized carbons (Fsp3) is 0.500. The largest absolute Gasteiger partial charge is 0.343 e. The van der Waals surface area contributed by atoms with Crippen molar-refractivity contribution in [3.63, 3.8) is 0 Å². The highest BCUT2D eigenvalue weighted by Gasteiger charge is 2.31. The molecule has 1 aromatic carbocycles. The lowest BCUT2D eigenvalue weighted by Crippen LogP contribution is -2.58. The number of carbonyl (C=O) groups is 2. The predicted octanol–water partition coefficient (Wildman–Crippen LogP) is 1.66. The summed E-state index contributed by atoms with van der Waals surface area (Å²) in [5, 5.41) is 2.78. The van der Waals surface area contributed by atoms with Crippen LogP contribution in [0.25, 0.3) is 0 Å². The van der Waals surface area contributed by atoms with Gasteiger partial charge in [0.2, 0.25) is 11.8 Å². The normalized spacial score (nSPS) is 19.1. The maximum atomic E-state index is 12.3. The van der Waals surface area contributed by atoms with Crippen molar-refractivity contribution in [2.24, 2.45) is 0 Å². The third-order valence-corrected chi connectivity index (χ3v) is 3.77. The molecule has 108 valence electrons. The van der Waals surface area contributed by atoms with Crippen LogP contribution in [-0.4, -0.2) is 35.8 Å². The van der Waals surface area contributed by atoms with E-state index in [1.807, 2.05) is 19.1 Å². The third kappa shape index (κ3) is 3.38. The number of hydrogen-bond acceptors (Lipinski definition) is 2. The second-order valence-electron chi connectivity index (χ2n) is 5.35. The average molecular weight is 274 g/mol. The second kappa shape index (κ2) is 6.55. The molecular weight excluding hydrogens is 252 g/mol. The molecule has 0 aliphatic carbocycles. The van der Waals surface area contributed by atoms with E-state index in [0.717, 1.165) is 12.8 Å². The lowest BCUT2D eigenvalue weighted by molar-refractivity contribution is -0.144. The van der Waals surface area contributed by atoms with Crippen LogP contribution in [0.5, 0.6) is 0 Å². The third-order valence-electron chi connectivity index (χ3n) is 3.77. The van der Waals surface area contributed by atoms with Crippen LogP contribution in [0.1, 0.15) is 30.9 Å². The summed E-state index contributed by atoms with van der Waals surface area (Å²) in [4.78, 5) is 25.6. The lowest BCUT2D eigenvalue weighted by atomic mass is 10.0. The highest BCUT2D eigenvalue weighted by atomic mass is 16.2. The molecule has 1 fully saturated rings. The summed E-state index contributed by atoms with van der Waals surface area (Å²) < 4.78 is 0. The van der Waals surface area contributed by atoms with Gasteiger partial charge in [0.15, 0.2) is 0 Å². The molecule has 0 saturated carbocycles. The number of hydrogen-bond donors (Lipinski definition) is 1. The van der Waals surface area contributed by atoms with Crippen molar-refractivity contribution < 1.29 is 9.59 Å². The summed E-state index contributed by atoms with van der Waals surface area (Å²) in [5.74, 6) is 0.00729. The molecule has 1 aromatic rings. The average Bonchev–Trinajstić information content (AvgIpc) is 2.42. The Bertz CT molecular complexity index is 499. The van der Waals surface area contributed by atoms with E-state index in [1.54, 1.807) is 4.90 Å². The van der Waals surface area contributed by atoms with Gasteiger partial charge in [-0.25, -0.2) is 0 Å². The van der Waals surface area contributed by atoms with Gasteiger partial charge in [-0.1, -0.05) is 37.6 Å². The van der Waals surface area contributed by atoms with Crippen molar-refractivity contribution in [1.82, 2.24) is 10.2 Å². The van der Waals surface area contributed by atoms with Gasteiger partial charge in [0.1, 0.15) is 6.04 Å². The Hall–Kier alpha value is -1.84. The molecule has 2 rings (SSSR count). The SMILES string of the molecule is CCCC1NC(=O)CN(CCc2ccccc2C)C1=O. The number of rotatable bonds is 5. The molecule has 2 amide bonds. The Morgan fingerprint density at radius 1 is 1.30 bits per heavy atom. The number of nitrogens with one attached hydrogen (secondary N) is 1. The molecule has 1 aliphatic heterocycles. The van der Waals surface area contributed by atoms with Gasteiger partial charge in [-0.05, 0) is 30.9 Å². The van der Waals surface area contributed by atoms with E-state index < -0.39 is 0 Å². The Morgan fingerprint density at radius 3 is 2.75 bits per heavy atom. The molecule has 0 spiro atoms. The molecule has 4 nitrogen and oxygen atoms in total. The van der Waals surface area contributed by atoms with Crippen molar-refractivity contribution in [2.45, 2.75) is 39.2 Å². The molecular formula is C16H22N2O2. The molecule has 0 bridgehead atoms. The molecule has 1 atom stereocenters. The fourth-order valence-corrected chi connectivity index (χ4v) is 2.59. The smallest absolute Gasteiger partial charge is 0.245 e. The van der Waals surface area contributed by atoms with E-state index in [2.05, 4.69) is 24.4 Å². The number of amides is 2. The Morgan fingerprint density at radius 2 is 2.05 bits per heavy atom. The minimum Gasteiger partial charge on any atom is -0.343 e. The van der Waals surface area contributed by atoms with Gasteiger partial charge in [-0.15, -0.1) is 0 Å². The van der Waals surface area contributed by atoms with Crippen LogP contribution in [-0.2, 0) is 16.0 Å². The Labute approximate surface area is 120 Å². The first-order valence-corrected chi connectivity index (χ1v) is 7.24. The summed E-state index contributed by atoms with van der Waals surface area (Å²) >= 11 is 0. The zero-order valence-electron chi connectivity index (χ0n) is 12.2. The van der Waals surface area contributed by atoms with Crippen LogP contribution in [0.3, 0.4) is 0 Å². The van der Waals surface area contributed by atoms with E-state index in [1.165, 1.54) is 11.1 Å². The standard InChI is InChI=1S/C16H22N2O2/c1-3-6-14-16(20)18(11-15(19)17-14)10-9-13-8-5-4-7-12(13)2/h4-5,7-8,14H,3,6,9-11H2,1-2H3,(H,17,19). The number of piperazine rings is 1. The van der Waals surface area contributed by atoms with E-state index >= 15 is 0 Å². The molecule has 20 heavy (non-hydrogen) atoms. The van der Waals surface area contributed by atoms with Gasteiger partial charge in [0.05, 0.1) is 6.54 Å². The van der Waals surface area contributed by atoms with E-state index in [4.69, 9.17) is 0 Å². The van der Waals surface area contributed by atoms with Crippen molar-refractivity contribution in [1.29, 1.82) is 0 Å². The molecule has 1 heterocycles. The Balaban J connectivity index is 1.99. The van der Waals surface area contributed by atoms with Crippen molar-refractivity contribution in [3.05, 3.63) is 35.4 Å². The minimum atomic E-state index is -0.335. The van der Waals surface area contributed by atoms with Crippen LogP contribution >= 0.6 is 0 Å².